The summed E-state index contributed by atoms with van der Waals surface area (Å²) in [4.78, 5) is 12.7. The van der Waals surface area contributed by atoms with Crippen molar-refractivity contribution in [1.82, 2.24) is 0 Å². The van der Waals surface area contributed by atoms with Crippen molar-refractivity contribution in [2.45, 2.75) is 20.1 Å². The van der Waals surface area contributed by atoms with Crippen LogP contribution in [0.3, 0.4) is 0 Å². The van der Waals surface area contributed by atoms with Crippen LogP contribution in [-0.2, 0) is 18.0 Å². The molecule has 0 unspecified atom stereocenters. The second-order valence-electron chi connectivity index (χ2n) is 8.73. The van der Waals surface area contributed by atoms with Crippen LogP contribution in [-0.4, -0.2) is 12.5 Å². The van der Waals surface area contributed by atoms with E-state index in [2.05, 4.69) is 37.2 Å². The van der Waals surface area contributed by atoms with Crippen molar-refractivity contribution in [2.75, 3.05) is 11.9 Å². The number of nitrogens with one attached hydrogen (secondary N) is 1. The van der Waals surface area contributed by atoms with E-state index < -0.39 is 5.91 Å². The first-order valence-electron chi connectivity index (χ1n) is 12.6. The van der Waals surface area contributed by atoms with Gasteiger partial charge < -0.3 is 19.5 Å². The highest BCUT2D eigenvalue weighted by molar-refractivity contribution is 9.11. The molecule has 0 fully saturated rings. The molecule has 41 heavy (non-hydrogen) atoms. The molecule has 0 spiro atoms. The SMILES string of the molecule is CCOc1cc(COc2c(Br)cc(/C=C(/C#N)C(=O)Nc3cccc(Cl)c3)cc2Br)ccc1OCc1ccccc1. The summed E-state index contributed by atoms with van der Waals surface area (Å²) in [5, 5.41) is 12.8. The number of carbonyl (C=O) groups excluding carboxylic acids is 1. The molecule has 0 aromatic heterocycles. The van der Waals surface area contributed by atoms with Crippen LogP contribution >= 0.6 is 43.5 Å². The third-order valence-electron chi connectivity index (χ3n) is 5.71. The fraction of sp³-hybridized carbons (Fsp3) is 0.125. The van der Waals surface area contributed by atoms with Gasteiger partial charge in [0.2, 0.25) is 0 Å². The zero-order valence-corrected chi connectivity index (χ0v) is 25.9. The van der Waals surface area contributed by atoms with E-state index in [1.807, 2.05) is 61.5 Å². The molecule has 0 saturated carbocycles. The van der Waals surface area contributed by atoms with Crippen LogP contribution in [0.5, 0.6) is 17.2 Å². The number of hydrogen-bond acceptors (Lipinski definition) is 5. The summed E-state index contributed by atoms with van der Waals surface area (Å²) < 4.78 is 19.2. The molecule has 0 saturated heterocycles. The lowest BCUT2D eigenvalue weighted by atomic mass is 10.1. The van der Waals surface area contributed by atoms with Crippen molar-refractivity contribution in [3.63, 3.8) is 0 Å². The van der Waals surface area contributed by atoms with E-state index >= 15 is 0 Å². The number of ether oxygens (including phenoxy) is 3. The maximum Gasteiger partial charge on any atom is 0.266 e. The molecular formula is C32H25Br2ClN2O4. The third kappa shape index (κ3) is 8.61. The topological polar surface area (TPSA) is 80.6 Å². The van der Waals surface area contributed by atoms with E-state index in [1.165, 1.54) is 6.08 Å². The average Bonchev–Trinajstić information content (AvgIpc) is 2.95. The van der Waals surface area contributed by atoms with Gasteiger partial charge in [0.1, 0.15) is 30.6 Å². The quantitative estimate of drug-likeness (QED) is 0.125. The number of halogens is 3. The normalized spacial score (nSPS) is 11.0. The molecule has 0 bridgehead atoms. The van der Waals surface area contributed by atoms with Gasteiger partial charge in [-0.2, -0.15) is 5.26 Å². The second-order valence-corrected chi connectivity index (χ2v) is 10.9. The van der Waals surface area contributed by atoms with Gasteiger partial charge in [-0.05, 0) is 104 Å². The number of nitrogens with zero attached hydrogens (tertiary/aromatic N) is 1. The average molecular weight is 697 g/mol. The Labute approximate surface area is 260 Å². The lowest BCUT2D eigenvalue weighted by Gasteiger charge is -2.15. The van der Waals surface area contributed by atoms with E-state index in [1.54, 1.807) is 36.4 Å². The van der Waals surface area contributed by atoms with Gasteiger partial charge in [-0.15, -0.1) is 0 Å². The molecule has 1 amide bonds. The molecule has 4 aromatic rings. The predicted molar refractivity (Wildman–Crippen MR) is 168 cm³/mol. The molecule has 0 aliphatic rings. The number of hydrogen-bond donors (Lipinski definition) is 1. The van der Waals surface area contributed by atoms with Gasteiger partial charge >= 0.3 is 0 Å². The molecule has 0 radical (unpaired) electrons. The van der Waals surface area contributed by atoms with Crippen LogP contribution in [0.15, 0.2) is 99.4 Å². The van der Waals surface area contributed by atoms with Gasteiger partial charge in [0, 0.05) is 10.7 Å². The molecule has 0 atom stereocenters. The second kappa shape index (κ2) is 14.7. The highest BCUT2D eigenvalue weighted by atomic mass is 79.9. The van der Waals surface area contributed by atoms with Gasteiger partial charge in [0.25, 0.3) is 5.91 Å². The van der Waals surface area contributed by atoms with Gasteiger partial charge in [-0.3, -0.25) is 4.79 Å². The minimum absolute atomic E-state index is 0.0597. The van der Waals surface area contributed by atoms with Crippen LogP contribution < -0.4 is 19.5 Å². The van der Waals surface area contributed by atoms with Crippen LogP contribution in [0, 0.1) is 11.3 Å². The Morgan fingerprint density at radius 1 is 0.878 bits per heavy atom. The Bertz CT molecular complexity index is 1580. The maximum atomic E-state index is 12.7. The summed E-state index contributed by atoms with van der Waals surface area (Å²) in [5.41, 5.74) is 3.03. The Morgan fingerprint density at radius 3 is 2.29 bits per heavy atom. The van der Waals surface area contributed by atoms with E-state index in [-0.39, 0.29) is 12.2 Å². The van der Waals surface area contributed by atoms with Gasteiger partial charge in [-0.25, -0.2) is 0 Å². The monoisotopic (exact) mass is 694 g/mol. The van der Waals surface area contributed by atoms with Crippen LogP contribution in [0.2, 0.25) is 5.02 Å². The first-order valence-corrected chi connectivity index (χ1v) is 14.6. The molecule has 9 heteroatoms. The number of anilines is 1. The Hall–Kier alpha value is -3.77. The number of amides is 1. The first kappa shape index (κ1) is 30.2. The van der Waals surface area contributed by atoms with Crippen molar-refractivity contribution in [1.29, 1.82) is 5.26 Å². The van der Waals surface area contributed by atoms with Crippen LogP contribution in [0.1, 0.15) is 23.6 Å². The Balaban J connectivity index is 1.45. The van der Waals surface area contributed by atoms with Crippen LogP contribution in [0.4, 0.5) is 5.69 Å². The standard InChI is InChI=1S/C32H25Br2ClN2O4/c1-2-39-30-16-22(11-12-29(30)40-19-21-7-4-3-5-8-21)20-41-31-27(33)14-23(15-28(31)34)13-24(18-36)32(38)37-26-10-6-9-25(35)17-26/h3-17H,2,19-20H2,1H3,(H,37,38)/b24-13-. The Morgan fingerprint density at radius 2 is 1.61 bits per heavy atom. The molecule has 0 aliphatic heterocycles. The fourth-order valence-electron chi connectivity index (χ4n) is 3.80. The smallest absolute Gasteiger partial charge is 0.266 e. The zero-order chi connectivity index (χ0) is 29.2. The predicted octanol–water partition coefficient (Wildman–Crippen LogP) is 8.97. The molecule has 4 aromatic carbocycles. The maximum absolute atomic E-state index is 12.7. The van der Waals surface area contributed by atoms with E-state index in [0.29, 0.717) is 55.7 Å². The van der Waals surface area contributed by atoms with Gasteiger partial charge in [0.15, 0.2) is 11.5 Å². The van der Waals surface area contributed by atoms with Crippen molar-refractivity contribution >= 4 is 61.1 Å². The largest absolute Gasteiger partial charge is 0.490 e. The van der Waals surface area contributed by atoms with Gasteiger partial charge in [0.05, 0.1) is 15.6 Å². The van der Waals surface area contributed by atoms with Crippen molar-refractivity contribution in [3.8, 4) is 23.3 Å². The third-order valence-corrected chi connectivity index (χ3v) is 7.12. The van der Waals surface area contributed by atoms with Gasteiger partial charge in [-0.1, -0.05) is 54.1 Å². The summed E-state index contributed by atoms with van der Waals surface area (Å²) in [6.07, 6.45) is 1.50. The van der Waals surface area contributed by atoms with Crippen molar-refractivity contribution < 1.29 is 19.0 Å². The number of carbonyl (C=O) groups is 1. The summed E-state index contributed by atoms with van der Waals surface area (Å²) in [6, 6.07) is 27.9. The minimum atomic E-state index is -0.538. The van der Waals surface area contributed by atoms with E-state index in [0.717, 1.165) is 11.1 Å². The molecule has 4 rings (SSSR count). The lowest BCUT2D eigenvalue weighted by Crippen LogP contribution is -2.13. The lowest BCUT2D eigenvalue weighted by molar-refractivity contribution is -0.112. The summed E-state index contributed by atoms with van der Waals surface area (Å²) in [5.74, 6) is 1.34. The Kier molecular flexibility index (Phi) is 10.9. The molecule has 1 N–H and O–H groups in total. The highest BCUT2D eigenvalue weighted by Crippen LogP contribution is 2.37. The summed E-state index contributed by atoms with van der Waals surface area (Å²) in [7, 11) is 0. The molecule has 6 nitrogen and oxygen atoms in total. The number of benzene rings is 4. The highest BCUT2D eigenvalue weighted by Gasteiger charge is 2.14. The van der Waals surface area contributed by atoms with E-state index in [9.17, 15) is 10.1 Å². The number of nitriles is 1. The van der Waals surface area contributed by atoms with Crippen LogP contribution in [0.25, 0.3) is 6.08 Å². The first-order chi connectivity index (χ1) is 19.9. The molecule has 208 valence electrons. The minimum Gasteiger partial charge on any atom is -0.490 e. The van der Waals surface area contributed by atoms with Crippen molar-refractivity contribution in [3.05, 3.63) is 121 Å². The molecule has 0 heterocycles. The van der Waals surface area contributed by atoms with Crippen molar-refractivity contribution in [2.24, 2.45) is 0 Å². The van der Waals surface area contributed by atoms with E-state index in [4.69, 9.17) is 25.8 Å². The number of rotatable bonds is 11. The fourth-order valence-corrected chi connectivity index (χ4v) is 5.44. The zero-order valence-electron chi connectivity index (χ0n) is 22.0. The summed E-state index contributed by atoms with van der Waals surface area (Å²) in [6.45, 7) is 3.14. The molecule has 0 aliphatic carbocycles. The molecular weight excluding hydrogens is 672 g/mol. The summed E-state index contributed by atoms with van der Waals surface area (Å²) >= 11 is 13.1.